The predicted molar refractivity (Wildman–Crippen MR) is 53.3 cm³/mol. The maximum Gasteiger partial charge on any atom is 0.307 e. The first kappa shape index (κ1) is 11.5. The molecule has 0 radical (unpaired) electrons. The van der Waals surface area contributed by atoms with Crippen LogP contribution < -0.4 is 0 Å². The number of rotatable bonds is 4. The van der Waals surface area contributed by atoms with Gasteiger partial charge in [-0.2, -0.15) is 0 Å². The second kappa shape index (κ2) is 5.32. The van der Waals surface area contributed by atoms with Crippen LogP contribution in [0, 0.1) is 5.92 Å². The van der Waals surface area contributed by atoms with Crippen molar-refractivity contribution in [3.63, 3.8) is 0 Å². The molecule has 0 aromatic rings. The summed E-state index contributed by atoms with van der Waals surface area (Å²) in [6, 6.07) is 0.394. The lowest BCUT2D eigenvalue weighted by molar-refractivity contribution is -0.142. The van der Waals surface area contributed by atoms with Crippen molar-refractivity contribution >= 4 is 5.97 Å². The van der Waals surface area contributed by atoms with Gasteiger partial charge in [-0.3, -0.25) is 9.69 Å². The van der Waals surface area contributed by atoms with Crippen molar-refractivity contribution in [3.8, 4) is 0 Å². The van der Waals surface area contributed by atoms with E-state index in [1.54, 1.807) is 6.92 Å². The minimum absolute atomic E-state index is 0.290. The van der Waals surface area contributed by atoms with E-state index in [-0.39, 0.29) is 5.92 Å². The molecule has 0 aromatic heterocycles. The number of aliphatic carboxylic acids is 1. The molecule has 2 unspecified atom stereocenters. The number of carboxylic acids is 1. The first-order valence-electron chi connectivity index (χ1n) is 5.19. The molecule has 0 saturated carbocycles. The van der Waals surface area contributed by atoms with E-state index in [4.69, 9.17) is 9.84 Å². The number of carboxylic acid groups (broad SMARTS) is 1. The molecular weight excluding hydrogens is 182 g/mol. The minimum atomic E-state index is -0.716. The molecule has 0 amide bonds. The van der Waals surface area contributed by atoms with Crippen molar-refractivity contribution < 1.29 is 14.6 Å². The number of ether oxygens (including phenoxy) is 1. The average Bonchev–Trinajstić information content (AvgIpc) is 2.18. The summed E-state index contributed by atoms with van der Waals surface area (Å²) in [5.41, 5.74) is 0. The summed E-state index contributed by atoms with van der Waals surface area (Å²) in [6.07, 6.45) is 1.02. The molecular formula is C10H19NO3. The van der Waals surface area contributed by atoms with Crippen LogP contribution in [0.2, 0.25) is 0 Å². The monoisotopic (exact) mass is 201 g/mol. The molecule has 4 nitrogen and oxygen atoms in total. The highest BCUT2D eigenvalue weighted by atomic mass is 16.5. The lowest BCUT2D eigenvalue weighted by atomic mass is 10.1. The van der Waals surface area contributed by atoms with Crippen molar-refractivity contribution in [2.24, 2.45) is 5.92 Å². The molecule has 1 saturated heterocycles. The molecule has 0 aromatic carbocycles. The number of carbonyl (C=O) groups is 1. The Kier molecular flexibility index (Phi) is 4.35. The van der Waals surface area contributed by atoms with Crippen LogP contribution in [0.4, 0.5) is 0 Å². The number of hydrogen-bond acceptors (Lipinski definition) is 3. The van der Waals surface area contributed by atoms with Crippen LogP contribution in [0.3, 0.4) is 0 Å². The molecule has 1 aliphatic heterocycles. The average molecular weight is 201 g/mol. The Hall–Kier alpha value is -0.610. The van der Waals surface area contributed by atoms with Gasteiger partial charge in [-0.15, -0.1) is 0 Å². The normalized spacial score (nSPS) is 26.0. The van der Waals surface area contributed by atoms with Crippen LogP contribution in [-0.2, 0) is 9.53 Å². The third-order valence-electron chi connectivity index (χ3n) is 2.75. The van der Waals surface area contributed by atoms with Gasteiger partial charge >= 0.3 is 5.97 Å². The fourth-order valence-electron chi connectivity index (χ4n) is 1.74. The van der Waals surface area contributed by atoms with Crippen molar-refractivity contribution in [3.05, 3.63) is 0 Å². The van der Waals surface area contributed by atoms with Gasteiger partial charge in [0.05, 0.1) is 19.1 Å². The Balaban J connectivity index is 2.44. The fourth-order valence-corrected chi connectivity index (χ4v) is 1.74. The second-order valence-electron chi connectivity index (χ2n) is 3.87. The third kappa shape index (κ3) is 2.96. The zero-order valence-corrected chi connectivity index (χ0v) is 8.90. The summed E-state index contributed by atoms with van der Waals surface area (Å²) < 4.78 is 5.36. The Morgan fingerprint density at radius 1 is 1.71 bits per heavy atom. The standard InChI is InChI=1S/C10H19NO3/c1-3-9-7-14-5-4-11(9)6-8(2)10(12)13/h8-9H,3-7H2,1-2H3,(H,12,13). The van der Waals surface area contributed by atoms with Crippen molar-refractivity contribution in [2.45, 2.75) is 26.3 Å². The smallest absolute Gasteiger partial charge is 0.307 e. The summed E-state index contributed by atoms with van der Waals surface area (Å²) in [4.78, 5) is 12.9. The molecule has 4 heteroatoms. The summed E-state index contributed by atoms with van der Waals surface area (Å²) in [5.74, 6) is -1.01. The fraction of sp³-hybridized carbons (Fsp3) is 0.900. The molecule has 1 rings (SSSR count). The van der Waals surface area contributed by atoms with Gasteiger partial charge in [0.25, 0.3) is 0 Å². The van der Waals surface area contributed by atoms with Crippen LogP contribution in [0.15, 0.2) is 0 Å². The maximum absolute atomic E-state index is 10.7. The summed E-state index contributed by atoms with van der Waals surface area (Å²) in [6.45, 7) is 6.82. The van der Waals surface area contributed by atoms with Crippen molar-refractivity contribution in [1.29, 1.82) is 0 Å². The number of morpholine rings is 1. The zero-order chi connectivity index (χ0) is 10.6. The van der Waals surface area contributed by atoms with Crippen LogP contribution in [0.5, 0.6) is 0 Å². The van der Waals surface area contributed by atoms with Gasteiger partial charge in [-0.1, -0.05) is 13.8 Å². The quantitative estimate of drug-likeness (QED) is 0.731. The summed E-state index contributed by atoms with van der Waals surface area (Å²) >= 11 is 0. The van der Waals surface area contributed by atoms with Crippen LogP contribution in [-0.4, -0.2) is 48.3 Å². The van der Waals surface area contributed by atoms with E-state index in [0.717, 1.165) is 26.2 Å². The van der Waals surface area contributed by atoms with Crippen molar-refractivity contribution in [1.82, 2.24) is 4.90 Å². The van der Waals surface area contributed by atoms with Crippen LogP contribution in [0.1, 0.15) is 20.3 Å². The molecule has 0 aliphatic carbocycles. The summed E-state index contributed by atoms with van der Waals surface area (Å²) in [5, 5.41) is 8.81. The maximum atomic E-state index is 10.7. The van der Waals surface area contributed by atoms with E-state index in [9.17, 15) is 4.79 Å². The first-order valence-corrected chi connectivity index (χ1v) is 5.19. The highest BCUT2D eigenvalue weighted by Gasteiger charge is 2.24. The number of nitrogens with zero attached hydrogens (tertiary/aromatic N) is 1. The zero-order valence-electron chi connectivity index (χ0n) is 8.90. The molecule has 1 aliphatic rings. The molecule has 0 spiro atoms. The van der Waals surface area contributed by atoms with Gasteiger partial charge in [0, 0.05) is 19.1 Å². The Labute approximate surface area is 84.8 Å². The minimum Gasteiger partial charge on any atom is -0.481 e. The van der Waals surface area contributed by atoms with Gasteiger partial charge in [-0.25, -0.2) is 0 Å². The lowest BCUT2D eigenvalue weighted by Gasteiger charge is -2.35. The molecule has 1 N–H and O–H groups in total. The molecule has 1 fully saturated rings. The van der Waals surface area contributed by atoms with E-state index in [2.05, 4.69) is 11.8 Å². The van der Waals surface area contributed by atoms with Gasteiger partial charge < -0.3 is 9.84 Å². The predicted octanol–water partition coefficient (Wildman–Crippen LogP) is 0.818. The van der Waals surface area contributed by atoms with E-state index >= 15 is 0 Å². The lowest BCUT2D eigenvalue weighted by Crippen LogP contribution is -2.47. The van der Waals surface area contributed by atoms with E-state index in [1.807, 2.05) is 0 Å². The van der Waals surface area contributed by atoms with Gasteiger partial charge in [0.1, 0.15) is 0 Å². The Morgan fingerprint density at radius 3 is 3.00 bits per heavy atom. The van der Waals surface area contributed by atoms with Crippen LogP contribution in [0.25, 0.3) is 0 Å². The topological polar surface area (TPSA) is 49.8 Å². The van der Waals surface area contributed by atoms with E-state index in [0.29, 0.717) is 12.6 Å². The Morgan fingerprint density at radius 2 is 2.43 bits per heavy atom. The van der Waals surface area contributed by atoms with E-state index < -0.39 is 5.97 Å². The van der Waals surface area contributed by atoms with Gasteiger partial charge in [-0.05, 0) is 6.42 Å². The first-order chi connectivity index (χ1) is 6.65. The molecule has 14 heavy (non-hydrogen) atoms. The van der Waals surface area contributed by atoms with Crippen molar-refractivity contribution in [2.75, 3.05) is 26.3 Å². The van der Waals surface area contributed by atoms with E-state index in [1.165, 1.54) is 0 Å². The summed E-state index contributed by atoms with van der Waals surface area (Å²) in [7, 11) is 0. The van der Waals surface area contributed by atoms with Crippen LogP contribution >= 0.6 is 0 Å². The molecule has 1 heterocycles. The molecule has 0 bridgehead atoms. The Bertz CT molecular complexity index is 196. The molecule has 2 atom stereocenters. The SMILES string of the molecule is CCC1COCCN1CC(C)C(=O)O. The highest BCUT2D eigenvalue weighted by Crippen LogP contribution is 2.12. The van der Waals surface area contributed by atoms with Gasteiger partial charge in [0.2, 0.25) is 0 Å². The molecule has 82 valence electrons. The van der Waals surface area contributed by atoms with Gasteiger partial charge in [0.15, 0.2) is 0 Å². The second-order valence-corrected chi connectivity index (χ2v) is 3.87. The number of hydrogen-bond donors (Lipinski definition) is 1. The largest absolute Gasteiger partial charge is 0.481 e. The highest BCUT2D eigenvalue weighted by molar-refractivity contribution is 5.69. The third-order valence-corrected chi connectivity index (χ3v) is 2.75.